The Labute approximate surface area is 231 Å². The van der Waals surface area contributed by atoms with Crippen molar-refractivity contribution in [3.05, 3.63) is 87.4 Å². The number of Topliss-reactive ketones (excluding diaryl/α,β-unsaturated/α-hetero) is 1. The van der Waals surface area contributed by atoms with Crippen LogP contribution in [0.2, 0.25) is 10.0 Å². The van der Waals surface area contributed by atoms with Crippen LogP contribution in [0.3, 0.4) is 0 Å². The van der Waals surface area contributed by atoms with Crippen molar-refractivity contribution in [1.82, 2.24) is 0 Å². The molecule has 0 bridgehead atoms. The van der Waals surface area contributed by atoms with Gasteiger partial charge in [-0.15, -0.1) is 0 Å². The van der Waals surface area contributed by atoms with Gasteiger partial charge in [0.1, 0.15) is 23.0 Å². The van der Waals surface area contributed by atoms with E-state index in [-0.39, 0.29) is 33.0 Å². The van der Waals surface area contributed by atoms with Gasteiger partial charge in [-0.05, 0) is 62.7 Å². The normalized spacial score (nSPS) is 16.7. The number of carbonyl (C=O) groups excluding carboxylic acids is 2. The van der Waals surface area contributed by atoms with Crippen molar-refractivity contribution in [2.75, 3.05) is 18.6 Å². The van der Waals surface area contributed by atoms with Crippen LogP contribution in [0.25, 0.3) is 5.76 Å². The minimum Gasteiger partial charge on any atom is -0.507 e. The highest BCUT2D eigenvalue weighted by atomic mass is 35.5. The Bertz CT molecular complexity index is 1400. The molecule has 0 saturated carbocycles. The van der Waals surface area contributed by atoms with E-state index in [0.29, 0.717) is 29.4 Å². The predicted octanol–water partition coefficient (Wildman–Crippen LogP) is 6.81. The molecule has 3 aromatic carbocycles. The summed E-state index contributed by atoms with van der Waals surface area (Å²) < 4.78 is 16.8. The molecule has 0 spiro atoms. The van der Waals surface area contributed by atoms with Crippen LogP contribution in [0.15, 0.2) is 66.2 Å². The molecule has 4 rings (SSSR count). The summed E-state index contributed by atoms with van der Waals surface area (Å²) in [6, 6.07) is 15.8. The number of amides is 1. The van der Waals surface area contributed by atoms with Gasteiger partial charge in [-0.1, -0.05) is 41.4 Å². The minimum absolute atomic E-state index is 0.0344. The zero-order chi connectivity index (χ0) is 27.6. The van der Waals surface area contributed by atoms with E-state index in [9.17, 15) is 14.7 Å². The third kappa shape index (κ3) is 5.30. The number of nitrogens with zero attached hydrogens (tertiary/aromatic N) is 1. The van der Waals surface area contributed by atoms with Gasteiger partial charge in [-0.2, -0.15) is 0 Å². The fourth-order valence-corrected chi connectivity index (χ4v) is 4.96. The molecule has 1 amide bonds. The fourth-order valence-electron chi connectivity index (χ4n) is 4.39. The van der Waals surface area contributed by atoms with Crippen molar-refractivity contribution >= 4 is 46.3 Å². The van der Waals surface area contributed by atoms with E-state index in [1.54, 1.807) is 48.5 Å². The second kappa shape index (κ2) is 11.4. The van der Waals surface area contributed by atoms with E-state index in [4.69, 9.17) is 37.4 Å². The number of methoxy groups -OCH3 is 1. The van der Waals surface area contributed by atoms with Crippen LogP contribution >= 0.6 is 23.2 Å². The van der Waals surface area contributed by atoms with E-state index in [0.717, 1.165) is 0 Å². The molecule has 1 N–H and O–H groups in total. The molecule has 0 aliphatic carbocycles. The maximum Gasteiger partial charge on any atom is 0.300 e. The summed E-state index contributed by atoms with van der Waals surface area (Å²) in [6.07, 6.45) is -0.0344. The maximum atomic E-state index is 13.5. The molecule has 9 heteroatoms. The van der Waals surface area contributed by atoms with Gasteiger partial charge >= 0.3 is 0 Å². The van der Waals surface area contributed by atoms with E-state index in [2.05, 4.69) is 0 Å². The van der Waals surface area contributed by atoms with Crippen LogP contribution in [0.1, 0.15) is 37.9 Å². The van der Waals surface area contributed by atoms with Crippen molar-refractivity contribution in [1.29, 1.82) is 0 Å². The van der Waals surface area contributed by atoms with Gasteiger partial charge in [0.25, 0.3) is 11.7 Å². The van der Waals surface area contributed by atoms with E-state index in [1.165, 1.54) is 24.1 Å². The molecule has 0 aromatic heterocycles. The highest BCUT2D eigenvalue weighted by Crippen LogP contribution is 2.45. The zero-order valence-corrected chi connectivity index (χ0v) is 22.8. The average molecular weight is 556 g/mol. The molecule has 0 radical (unpaired) electrons. The lowest BCUT2D eigenvalue weighted by atomic mass is 9.94. The van der Waals surface area contributed by atoms with Gasteiger partial charge in [-0.3, -0.25) is 14.5 Å². The Hall–Kier alpha value is -3.68. The lowest BCUT2D eigenvalue weighted by molar-refractivity contribution is -0.132. The number of aliphatic hydroxyl groups excluding tert-OH is 1. The van der Waals surface area contributed by atoms with Crippen LogP contribution in [0.5, 0.6) is 17.2 Å². The van der Waals surface area contributed by atoms with Crippen LogP contribution in [-0.2, 0) is 9.59 Å². The van der Waals surface area contributed by atoms with E-state index in [1.807, 2.05) is 20.8 Å². The first-order chi connectivity index (χ1) is 18.2. The smallest absolute Gasteiger partial charge is 0.300 e. The second-order valence-electron chi connectivity index (χ2n) is 8.80. The molecule has 7 nitrogen and oxygen atoms in total. The van der Waals surface area contributed by atoms with Crippen molar-refractivity contribution in [2.45, 2.75) is 32.9 Å². The van der Waals surface area contributed by atoms with Gasteiger partial charge in [0.05, 0.1) is 42.0 Å². The van der Waals surface area contributed by atoms with E-state index < -0.39 is 23.5 Å². The van der Waals surface area contributed by atoms with Gasteiger partial charge < -0.3 is 19.3 Å². The summed E-state index contributed by atoms with van der Waals surface area (Å²) in [4.78, 5) is 28.3. The lowest BCUT2D eigenvalue weighted by Crippen LogP contribution is -2.29. The number of aliphatic hydroxyl groups is 1. The summed E-state index contributed by atoms with van der Waals surface area (Å²) in [6.45, 7) is 6.11. The molecule has 198 valence electrons. The second-order valence-corrected chi connectivity index (χ2v) is 9.65. The van der Waals surface area contributed by atoms with Crippen molar-refractivity contribution in [3.63, 3.8) is 0 Å². The number of ether oxygens (including phenoxy) is 3. The van der Waals surface area contributed by atoms with E-state index >= 15 is 0 Å². The Kier molecular flexibility index (Phi) is 8.19. The number of carbonyl (C=O) groups is 2. The topological polar surface area (TPSA) is 85.3 Å². The first kappa shape index (κ1) is 27.4. The summed E-state index contributed by atoms with van der Waals surface area (Å²) >= 11 is 12.5. The Morgan fingerprint density at radius 2 is 1.74 bits per heavy atom. The number of halogens is 2. The summed E-state index contributed by atoms with van der Waals surface area (Å²) in [7, 11) is 1.38. The number of anilines is 1. The van der Waals surface area contributed by atoms with Crippen LogP contribution in [-0.4, -0.2) is 36.6 Å². The quantitative estimate of drug-likeness (QED) is 0.186. The number of hydrogen-bond donors (Lipinski definition) is 1. The summed E-state index contributed by atoms with van der Waals surface area (Å²) in [5.41, 5.74) is 0.971. The average Bonchev–Trinajstić information content (AvgIpc) is 3.14. The van der Waals surface area contributed by atoms with Gasteiger partial charge in [0.2, 0.25) is 0 Å². The Morgan fingerprint density at radius 1 is 1.03 bits per heavy atom. The largest absolute Gasteiger partial charge is 0.507 e. The molecule has 1 atom stereocenters. The zero-order valence-electron chi connectivity index (χ0n) is 21.3. The summed E-state index contributed by atoms with van der Waals surface area (Å²) in [5.74, 6) is -0.843. The van der Waals surface area contributed by atoms with Gasteiger partial charge in [0.15, 0.2) is 0 Å². The Morgan fingerprint density at radius 3 is 2.37 bits per heavy atom. The minimum atomic E-state index is -0.970. The SMILES string of the molecule is CCOc1cccc(N2C(=O)C(=O)/C(=C(/O)c3cc(Cl)cc(Cl)c3OC)C2c2ccc(OC(C)C)cc2)c1. The highest BCUT2D eigenvalue weighted by Gasteiger charge is 2.47. The third-order valence-corrected chi connectivity index (χ3v) is 6.39. The fraction of sp³-hybridized carbons (Fsp3) is 0.241. The molecular weight excluding hydrogens is 529 g/mol. The molecule has 38 heavy (non-hydrogen) atoms. The van der Waals surface area contributed by atoms with Gasteiger partial charge in [-0.25, -0.2) is 0 Å². The number of benzene rings is 3. The third-order valence-electron chi connectivity index (χ3n) is 5.89. The van der Waals surface area contributed by atoms with Crippen molar-refractivity contribution in [2.24, 2.45) is 0 Å². The highest BCUT2D eigenvalue weighted by molar-refractivity contribution is 6.52. The predicted molar refractivity (Wildman–Crippen MR) is 148 cm³/mol. The summed E-state index contributed by atoms with van der Waals surface area (Å²) in [5, 5.41) is 11.9. The number of ketones is 1. The molecule has 1 saturated heterocycles. The first-order valence-corrected chi connectivity index (χ1v) is 12.8. The molecule has 1 unspecified atom stereocenters. The van der Waals surface area contributed by atoms with Crippen LogP contribution in [0.4, 0.5) is 5.69 Å². The standard InChI is InChI=1S/C29H27Cl2NO6/c1-5-37-21-8-6-7-19(15-21)32-25(17-9-11-20(12-10-17)38-16(2)3)24(27(34)29(32)35)26(33)22-13-18(30)14-23(31)28(22)36-4/h6-16,25,33H,5H2,1-4H3/b26-24+. The molecule has 1 heterocycles. The van der Waals surface area contributed by atoms with Crippen LogP contribution < -0.4 is 19.1 Å². The molecule has 1 aliphatic rings. The van der Waals surface area contributed by atoms with Crippen molar-refractivity contribution < 1.29 is 28.9 Å². The monoisotopic (exact) mass is 555 g/mol. The maximum absolute atomic E-state index is 13.5. The molecule has 3 aromatic rings. The van der Waals surface area contributed by atoms with Crippen molar-refractivity contribution in [3.8, 4) is 17.2 Å². The number of hydrogen-bond acceptors (Lipinski definition) is 6. The molecular formula is C29H27Cl2NO6. The Balaban J connectivity index is 1.95. The molecule has 1 fully saturated rings. The van der Waals surface area contributed by atoms with Crippen LogP contribution in [0, 0.1) is 0 Å². The lowest BCUT2D eigenvalue weighted by Gasteiger charge is -2.26. The molecule has 1 aliphatic heterocycles. The number of rotatable bonds is 8. The first-order valence-electron chi connectivity index (χ1n) is 12.0. The van der Waals surface area contributed by atoms with Gasteiger partial charge in [0, 0.05) is 16.8 Å².